The molecule has 1 saturated heterocycles. The van der Waals surface area contributed by atoms with Crippen LogP contribution in [0.5, 0.6) is 11.5 Å². The third kappa shape index (κ3) is 9.00. The number of aromatic hydroxyl groups is 2. The molecule has 0 spiro atoms. The first-order chi connectivity index (χ1) is 17.7. The minimum atomic E-state index is -0.556. The van der Waals surface area contributed by atoms with Crippen LogP contribution in [-0.2, 0) is 32.6 Å². The Hall–Kier alpha value is -1.56. The van der Waals surface area contributed by atoms with Gasteiger partial charge in [-0.1, -0.05) is 59.7 Å². The fraction of sp³-hybridized carbons (Fsp3) is 0.452. The Morgan fingerprint density at radius 2 is 1.11 bits per heavy atom. The standard InChI is InChI=1S/C27H33NO2.C4H8O.2ClH.Ti/c1-16-12-18(24(29)20(14-16)26(3,4)5)22-10-9-11-23(28-22)19-13-17(2)15-21(25(19)30)27(6,7)8;1-2-4-5-3-1;;;/h9-15,29-30H,1-8H3;1-4H2;2*1H;/q;;;;+2/p-2. The van der Waals surface area contributed by atoms with Crippen molar-refractivity contribution in [2.24, 2.45) is 0 Å². The number of hydrogen-bond donors (Lipinski definition) is 2. The van der Waals surface area contributed by atoms with Crippen LogP contribution in [0.2, 0.25) is 0 Å². The van der Waals surface area contributed by atoms with Gasteiger partial charge in [-0.05, 0) is 72.9 Å². The summed E-state index contributed by atoms with van der Waals surface area (Å²) in [6.45, 7) is 18.6. The van der Waals surface area contributed by atoms with Crippen LogP contribution in [0.4, 0.5) is 0 Å². The van der Waals surface area contributed by atoms with Gasteiger partial charge in [-0.3, -0.25) is 0 Å². The third-order valence-electron chi connectivity index (χ3n) is 6.25. The van der Waals surface area contributed by atoms with E-state index in [1.165, 1.54) is 12.8 Å². The Morgan fingerprint density at radius 1 is 0.737 bits per heavy atom. The second-order valence-corrected chi connectivity index (χ2v) is 14.3. The van der Waals surface area contributed by atoms with Crippen LogP contribution in [0.3, 0.4) is 0 Å². The second-order valence-electron chi connectivity index (χ2n) is 11.7. The summed E-state index contributed by atoms with van der Waals surface area (Å²) in [6, 6.07) is 13.7. The van der Waals surface area contributed by atoms with Gasteiger partial charge in [0, 0.05) is 35.5 Å². The average molecular weight is 594 g/mol. The van der Waals surface area contributed by atoms with Crippen LogP contribution in [-0.4, -0.2) is 28.4 Å². The fourth-order valence-electron chi connectivity index (χ4n) is 4.34. The summed E-state index contributed by atoms with van der Waals surface area (Å²) in [4.78, 5) is 4.84. The van der Waals surface area contributed by atoms with E-state index in [9.17, 15) is 10.2 Å². The van der Waals surface area contributed by atoms with Gasteiger partial charge in [0.2, 0.25) is 0 Å². The van der Waals surface area contributed by atoms with Crippen LogP contribution in [0.25, 0.3) is 22.5 Å². The van der Waals surface area contributed by atoms with E-state index in [2.05, 4.69) is 41.5 Å². The number of rotatable bonds is 2. The zero-order valence-corrected chi connectivity index (χ0v) is 26.9. The number of halogens is 2. The number of aromatic nitrogens is 1. The van der Waals surface area contributed by atoms with E-state index < -0.39 is 17.0 Å². The van der Waals surface area contributed by atoms with Crippen molar-refractivity contribution in [2.75, 3.05) is 13.2 Å². The summed E-state index contributed by atoms with van der Waals surface area (Å²) < 4.78 is 4.94. The van der Waals surface area contributed by atoms with Gasteiger partial charge in [-0.2, -0.15) is 0 Å². The number of pyridine rings is 1. The van der Waals surface area contributed by atoms with Crippen LogP contribution < -0.4 is 0 Å². The quantitative estimate of drug-likeness (QED) is 0.291. The van der Waals surface area contributed by atoms with Gasteiger partial charge in [0.25, 0.3) is 0 Å². The van der Waals surface area contributed by atoms with E-state index in [1.54, 1.807) is 0 Å². The molecule has 4 nitrogen and oxygen atoms in total. The molecular weight excluding hydrogens is 553 g/mol. The Labute approximate surface area is 245 Å². The minimum absolute atomic E-state index is 0.182. The number of phenolic OH excluding ortho intramolecular Hbond substituents is 2. The molecule has 1 aliphatic rings. The zero-order valence-electron chi connectivity index (χ0n) is 23.9. The first-order valence-electron chi connectivity index (χ1n) is 12.9. The van der Waals surface area contributed by atoms with E-state index in [-0.39, 0.29) is 22.3 Å². The summed E-state index contributed by atoms with van der Waals surface area (Å²) in [5.74, 6) is 0.531. The van der Waals surface area contributed by atoms with Crippen LogP contribution in [0.15, 0.2) is 42.5 Å². The Balaban J connectivity index is 0.000000547. The summed E-state index contributed by atoms with van der Waals surface area (Å²) in [5, 5.41) is 22.0. The molecule has 1 aromatic heterocycles. The Morgan fingerprint density at radius 3 is 1.39 bits per heavy atom. The van der Waals surface area contributed by atoms with E-state index in [0.29, 0.717) is 22.5 Å². The number of benzene rings is 2. The van der Waals surface area contributed by atoms with Gasteiger partial charge in [-0.25, -0.2) is 4.98 Å². The molecule has 38 heavy (non-hydrogen) atoms. The Kier molecular flexibility index (Phi) is 12.2. The van der Waals surface area contributed by atoms with Crippen molar-refractivity contribution >= 4 is 18.6 Å². The first-order valence-corrected chi connectivity index (χ1v) is 17.2. The van der Waals surface area contributed by atoms with Crippen molar-refractivity contribution in [1.82, 2.24) is 4.98 Å². The van der Waals surface area contributed by atoms with Crippen molar-refractivity contribution in [3.8, 4) is 34.0 Å². The Bertz CT molecular complexity index is 1120. The van der Waals surface area contributed by atoms with Crippen molar-refractivity contribution in [3.05, 3.63) is 64.7 Å². The van der Waals surface area contributed by atoms with Gasteiger partial charge >= 0.3 is 35.6 Å². The molecule has 2 heterocycles. The van der Waals surface area contributed by atoms with Gasteiger partial charge in [0.1, 0.15) is 11.5 Å². The predicted octanol–water partition coefficient (Wildman–Crippen LogP) is 9.21. The molecular formula is C31H41Cl2NO3Ti. The van der Waals surface area contributed by atoms with E-state index >= 15 is 0 Å². The van der Waals surface area contributed by atoms with Gasteiger partial charge in [-0.15, -0.1) is 0 Å². The molecule has 2 aromatic carbocycles. The van der Waals surface area contributed by atoms with Gasteiger partial charge in [0.05, 0.1) is 11.4 Å². The van der Waals surface area contributed by atoms with Gasteiger partial charge < -0.3 is 14.9 Å². The number of aryl methyl sites for hydroxylation is 2. The number of nitrogens with zero attached hydrogens (tertiary/aromatic N) is 1. The van der Waals surface area contributed by atoms with Crippen molar-refractivity contribution in [3.63, 3.8) is 0 Å². The van der Waals surface area contributed by atoms with Crippen LogP contribution in [0, 0.1) is 13.8 Å². The van der Waals surface area contributed by atoms with Crippen molar-refractivity contribution in [2.45, 2.75) is 79.1 Å². The molecule has 0 radical (unpaired) electrons. The van der Waals surface area contributed by atoms with Crippen LogP contribution >= 0.6 is 18.6 Å². The summed E-state index contributed by atoms with van der Waals surface area (Å²) >= 11 is -0.556. The maximum atomic E-state index is 11.0. The molecule has 0 amide bonds. The van der Waals surface area contributed by atoms with E-state index in [0.717, 1.165) is 35.5 Å². The molecule has 0 saturated carbocycles. The monoisotopic (exact) mass is 593 g/mol. The van der Waals surface area contributed by atoms with E-state index in [1.807, 2.05) is 56.3 Å². The maximum absolute atomic E-state index is 11.0. The van der Waals surface area contributed by atoms with Crippen molar-refractivity contribution < 1.29 is 32.0 Å². The molecule has 0 unspecified atom stereocenters. The molecule has 1 aliphatic heterocycles. The molecule has 1 fully saturated rings. The molecule has 3 aromatic rings. The predicted molar refractivity (Wildman–Crippen MR) is 157 cm³/mol. The first kappa shape index (κ1) is 32.7. The number of hydrogen-bond acceptors (Lipinski definition) is 4. The average Bonchev–Trinajstić information content (AvgIpc) is 3.41. The molecule has 206 valence electrons. The zero-order chi connectivity index (χ0) is 28.7. The molecule has 0 bridgehead atoms. The van der Waals surface area contributed by atoms with Crippen molar-refractivity contribution in [1.29, 1.82) is 0 Å². The number of phenols is 2. The SMILES string of the molecule is C1CCOC1.Cc1cc(-c2cccc(-c3cc(C)cc(C(C)(C)C)c3O)n2)c(O)c(C(C)(C)C)c1.[Cl][Ti][Cl]. The normalized spacial score (nSPS) is 13.2. The molecule has 4 rings (SSSR count). The number of ether oxygens (including phenoxy) is 1. The van der Waals surface area contributed by atoms with Crippen LogP contribution in [0.1, 0.15) is 76.6 Å². The fourth-order valence-corrected chi connectivity index (χ4v) is 4.34. The summed E-state index contributed by atoms with van der Waals surface area (Å²) in [7, 11) is 9.78. The summed E-state index contributed by atoms with van der Waals surface area (Å²) in [5.41, 5.74) is 6.40. The topological polar surface area (TPSA) is 62.6 Å². The second kappa shape index (κ2) is 14.2. The van der Waals surface area contributed by atoms with E-state index in [4.69, 9.17) is 28.3 Å². The molecule has 7 heteroatoms. The summed E-state index contributed by atoms with van der Waals surface area (Å²) in [6.07, 6.45) is 2.56. The molecule has 2 N–H and O–H groups in total. The molecule has 0 aliphatic carbocycles. The van der Waals surface area contributed by atoms with Gasteiger partial charge in [0.15, 0.2) is 0 Å². The third-order valence-corrected chi connectivity index (χ3v) is 6.25. The molecule has 0 atom stereocenters.